The summed E-state index contributed by atoms with van der Waals surface area (Å²) in [6.07, 6.45) is 7.26. The fourth-order valence-corrected chi connectivity index (χ4v) is 3.43. The third-order valence-electron chi connectivity index (χ3n) is 4.62. The lowest BCUT2D eigenvalue weighted by Gasteiger charge is -2.20. The molecule has 0 aliphatic carbocycles. The second-order valence-corrected chi connectivity index (χ2v) is 7.04. The maximum absolute atomic E-state index is 11.7. The molecule has 0 amide bonds. The molecule has 0 spiro atoms. The average molecular weight is 338 g/mol. The Morgan fingerprint density at radius 1 is 1.36 bits per heavy atom. The summed E-state index contributed by atoms with van der Waals surface area (Å²) in [5.41, 5.74) is 6.35. The van der Waals surface area contributed by atoms with Crippen LogP contribution >= 0.6 is 0 Å². The van der Waals surface area contributed by atoms with Gasteiger partial charge in [0.2, 0.25) is 0 Å². The number of hydrogen-bond acceptors (Lipinski definition) is 4. The molecule has 2 heterocycles. The number of dihydropyridines is 1. The van der Waals surface area contributed by atoms with E-state index in [0.717, 1.165) is 46.1 Å². The molecule has 1 aromatic carbocycles. The number of aromatic nitrogens is 1. The topological polar surface area (TPSA) is 63.3 Å². The smallest absolute Gasteiger partial charge is 0.150 e. The summed E-state index contributed by atoms with van der Waals surface area (Å²) >= 11 is 0. The standard InChI is InChI=1S/C20H26N4O/c1-13(2)24-10-14(3)20-17(12-25)7-16(8-19(20)24)15-5-6-18(22-9-15)11-23(4)21/h5-8,10,12-13,22H,9,11,21H2,1-4H3. The van der Waals surface area contributed by atoms with Gasteiger partial charge in [-0.2, -0.15) is 0 Å². The van der Waals surface area contributed by atoms with Gasteiger partial charge in [0.25, 0.3) is 0 Å². The van der Waals surface area contributed by atoms with Gasteiger partial charge in [-0.1, -0.05) is 6.08 Å². The van der Waals surface area contributed by atoms with Crippen LogP contribution in [0, 0.1) is 6.92 Å². The van der Waals surface area contributed by atoms with Gasteiger partial charge in [-0.3, -0.25) is 10.6 Å². The molecule has 3 N–H and O–H groups in total. The van der Waals surface area contributed by atoms with Gasteiger partial charge in [-0.15, -0.1) is 0 Å². The predicted octanol–water partition coefficient (Wildman–Crippen LogP) is 3.02. The Labute approximate surface area is 148 Å². The summed E-state index contributed by atoms with van der Waals surface area (Å²) in [7, 11) is 1.84. The van der Waals surface area contributed by atoms with Gasteiger partial charge in [-0.05, 0) is 55.7 Å². The molecule has 0 bridgehead atoms. The molecule has 5 heteroatoms. The number of nitrogens with zero attached hydrogens (tertiary/aromatic N) is 2. The lowest BCUT2D eigenvalue weighted by atomic mass is 9.97. The van der Waals surface area contributed by atoms with Crippen molar-refractivity contribution in [2.24, 2.45) is 5.84 Å². The van der Waals surface area contributed by atoms with Crippen molar-refractivity contribution in [1.29, 1.82) is 0 Å². The Hall–Kier alpha value is -2.37. The molecule has 25 heavy (non-hydrogen) atoms. The van der Waals surface area contributed by atoms with E-state index in [1.54, 1.807) is 5.01 Å². The molecule has 0 atom stereocenters. The van der Waals surface area contributed by atoms with Crippen LogP contribution in [0.15, 0.2) is 36.2 Å². The van der Waals surface area contributed by atoms with Gasteiger partial charge in [0.1, 0.15) is 0 Å². The zero-order chi connectivity index (χ0) is 18.1. The minimum Gasteiger partial charge on any atom is -0.383 e. The van der Waals surface area contributed by atoms with E-state index in [1.165, 1.54) is 5.57 Å². The van der Waals surface area contributed by atoms with Gasteiger partial charge in [0.05, 0.1) is 6.54 Å². The first-order valence-corrected chi connectivity index (χ1v) is 8.61. The number of benzene rings is 1. The molecule has 1 aliphatic heterocycles. The number of hydrazine groups is 1. The molecular formula is C20H26N4O. The fourth-order valence-electron chi connectivity index (χ4n) is 3.43. The summed E-state index contributed by atoms with van der Waals surface area (Å²) in [5.74, 6) is 5.71. The van der Waals surface area contributed by atoms with Crippen molar-refractivity contribution < 1.29 is 4.79 Å². The highest BCUT2D eigenvalue weighted by molar-refractivity contribution is 6.01. The average Bonchev–Trinajstić information content (AvgIpc) is 2.91. The Bertz CT molecular complexity index is 871. The quantitative estimate of drug-likeness (QED) is 0.500. The van der Waals surface area contributed by atoms with E-state index in [2.05, 4.69) is 55.1 Å². The van der Waals surface area contributed by atoms with Gasteiger partial charge in [0.15, 0.2) is 6.29 Å². The minimum atomic E-state index is 0.344. The highest BCUT2D eigenvalue weighted by atomic mass is 16.1. The molecule has 0 radical (unpaired) electrons. The molecule has 2 aromatic rings. The molecule has 0 unspecified atom stereocenters. The molecule has 1 aromatic heterocycles. The number of carbonyl (C=O) groups excluding carboxylic acids is 1. The lowest BCUT2D eigenvalue weighted by molar-refractivity contribution is 0.112. The highest BCUT2D eigenvalue weighted by Crippen LogP contribution is 2.31. The predicted molar refractivity (Wildman–Crippen MR) is 103 cm³/mol. The maximum Gasteiger partial charge on any atom is 0.150 e. The number of carbonyl (C=O) groups is 1. The monoisotopic (exact) mass is 338 g/mol. The van der Waals surface area contributed by atoms with Crippen LogP contribution in [0.4, 0.5) is 0 Å². The van der Waals surface area contributed by atoms with E-state index >= 15 is 0 Å². The first-order valence-electron chi connectivity index (χ1n) is 8.61. The van der Waals surface area contributed by atoms with Crippen molar-refractivity contribution in [3.8, 4) is 0 Å². The molecule has 3 rings (SSSR count). The lowest BCUT2D eigenvalue weighted by Crippen LogP contribution is -2.33. The van der Waals surface area contributed by atoms with Crippen LogP contribution in [0.1, 0.15) is 41.4 Å². The van der Waals surface area contributed by atoms with Crippen LogP contribution in [0.3, 0.4) is 0 Å². The van der Waals surface area contributed by atoms with E-state index in [1.807, 2.05) is 13.1 Å². The number of nitrogens with two attached hydrogens (primary N) is 1. The first-order chi connectivity index (χ1) is 11.9. The normalized spacial score (nSPS) is 14.7. The summed E-state index contributed by atoms with van der Waals surface area (Å²) < 4.78 is 2.24. The van der Waals surface area contributed by atoms with E-state index < -0.39 is 0 Å². The van der Waals surface area contributed by atoms with E-state index in [0.29, 0.717) is 12.6 Å². The van der Waals surface area contributed by atoms with Crippen LogP contribution in [-0.2, 0) is 0 Å². The number of hydrogen-bond donors (Lipinski definition) is 2. The number of nitrogens with one attached hydrogen (secondary N) is 1. The van der Waals surface area contributed by atoms with Crippen molar-refractivity contribution in [2.75, 3.05) is 20.1 Å². The van der Waals surface area contributed by atoms with Crippen molar-refractivity contribution in [3.63, 3.8) is 0 Å². The highest BCUT2D eigenvalue weighted by Gasteiger charge is 2.16. The summed E-state index contributed by atoms with van der Waals surface area (Å²) in [6.45, 7) is 7.79. The summed E-state index contributed by atoms with van der Waals surface area (Å²) in [6, 6.07) is 4.53. The SMILES string of the molecule is Cc1cn(C(C)C)c2cc(C3=CC=C(CN(C)N)NC3)cc(C=O)c12. The molecule has 0 fully saturated rings. The minimum absolute atomic E-state index is 0.344. The molecule has 5 nitrogen and oxygen atoms in total. The van der Waals surface area contributed by atoms with E-state index in [4.69, 9.17) is 5.84 Å². The Kier molecular flexibility index (Phi) is 4.79. The molecular weight excluding hydrogens is 312 g/mol. The largest absolute Gasteiger partial charge is 0.383 e. The number of rotatable bonds is 5. The van der Waals surface area contributed by atoms with Gasteiger partial charge in [0, 0.05) is 48.0 Å². The fraction of sp³-hybridized carbons (Fsp3) is 0.350. The van der Waals surface area contributed by atoms with Gasteiger partial charge >= 0.3 is 0 Å². The summed E-state index contributed by atoms with van der Waals surface area (Å²) in [5, 5.41) is 6.10. The van der Waals surface area contributed by atoms with E-state index in [-0.39, 0.29) is 0 Å². The van der Waals surface area contributed by atoms with Gasteiger partial charge < -0.3 is 9.88 Å². The van der Waals surface area contributed by atoms with Crippen molar-refractivity contribution in [2.45, 2.75) is 26.8 Å². The van der Waals surface area contributed by atoms with Crippen LogP contribution < -0.4 is 11.2 Å². The molecule has 1 aliphatic rings. The molecule has 132 valence electrons. The number of aldehydes is 1. The number of allylic oxidation sites excluding steroid dienone is 2. The Balaban J connectivity index is 2.09. The second kappa shape index (κ2) is 6.86. The van der Waals surface area contributed by atoms with E-state index in [9.17, 15) is 4.79 Å². The maximum atomic E-state index is 11.7. The molecule has 0 saturated heterocycles. The zero-order valence-corrected chi connectivity index (χ0v) is 15.3. The summed E-state index contributed by atoms with van der Waals surface area (Å²) in [4.78, 5) is 11.7. The van der Waals surface area contributed by atoms with Crippen LogP contribution in [-0.4, -0.2) is 36.0 Å². The zero-order valence-electron chi connectivity index (χ0n) is 15.3. The third kappa shape index (κ3) is 3.38. The van der Waals surface area contributed by atoms with Gasteiger partial charge in [-0.25, -0.2) is 5.01 Å². The Morgan fingerprint density at radius 3 is 2.68 bits per heavy atom. The number of likely N-dealkylation sites (N-methyl/N-ethyl adjacent to an activating group) is 1. The first kappa shape index (κ1) is 17.5. The van der Waals surface area contributed by atoms with Crippen molar-refractivity contribution in [1.82, 2.24) is 14.9 Å². The number of aryl methyl sites for hydroxylation is 1. The van der Waals surface area contributed by atoms with Crippen LogP contribution in [0.5, 0.6) is 0 Å². The van der Waals surface area contributed by atoms with Crippen molar-refractivity contribution in [3.05, 3.63) is 52.9 Å². The van der Waals surface area contributed by atoms with Crippen LogP contribution in [0.25, 0.3) is 16.5 Å². The van der Waals surface area contributed by atoms with Crippen molar-refractivity contribution >= 4 is 22.8 Å². The number of fused-ring (bicyclic) bond motifs is 1. The third-order valence-corrected chi connectivity index (χ3v) is 4.62. The Morgan fingerprint density at radius 2 is 2.12 bits per heavy atom. The second-order valence-electron chi connectivity index (χ2n) is 7.04. The van der Waals surface area contributed by atoms with Crippen LogP contribution in [0.2, 0.25) is 0 Å². The molecule has 0 saturated carbocycles.